The third kappa shape index (κ3) is 1.48. The zero-order valence-electron chi connectivity index (χ0n) is 11.3. The lowest BCUT2D eigenvalue weighted by atomic mass is 9.36. The summed E-state index contributed by atoms with van der Waals surface area (Å²) in [5, 5.41) is 0. The van der Waals surface area contributed by atoms with Crippen LogP contribution in [-0.2, 0) is 0 Å². The highest BCUT2D eigenvalue weighted by atomic mass is 14.7. The minimum absolute atomic E-state index is 0.674. The van der Waals surface area contributed by atoms with E-state index >= 15 is 0 Å². The van der Waals surface area contributed by atoms with Gasteiger partial charge in [0.25, 0.3) is 0 Å². The number of rotatable bonds is 2. The Morgan fingerprint density at radius 2 is 1.75 bits per heavy atom. The van der Waals surface area contributed by atoms with Gasteiger partial charge in [-0.1, -0.05) is 52.9 Å². The molecule has 3 saturated carbocycles. The average Bonchev–Trinajstić information content (AvgIpc) is 2.25. The van der Waals surface area contributed by atoms with Crippen molar-refractivity contribution in [3.63, 3.8) is 0 Å². The lowest BCUT2D eigenvalue weighted by Gasteiger charge is -2.69. The molecule has 3 rings (SSSR count). The highest BCUT2D eigenvalue weighted by Gasteiger charge is 2.62. The first-order chi connectivity index (χ1) is 7.60. The maximum Gasteiger partial charge on any atom is -0.0294 e. The zero-order valence-corrected chi connectivity index (χ0v) is 11.3. The Labute approximate surface area is 101 Å². The molecule has 0 aromatic carbocycles. The predicted octanol–water partition coefficient (Wildman–Crippen LogP) is 4.89. The van der Waals surface area contributed by atoms with Gasteiger partial charge >= 0.3 is 0 Å². The summed E-state index contributed by atoms with van der Waals surface area (Å²) in [4.78, 5) is 0. The molecule has 0 N–H and O–H groups in total. The van der Waals surface area contributed by atoms with E-state index in [9.17, 15) is 0 Å². The second-order valence-corrected chi connectivity index (χ2v) is 7.53. The monoisotopic (exact) mass is 220 g/mol. The molecule has 0 heteroatoms. The number of hydrogen-bond donors (Lipinski definition) is 0. The van der Waals surface area contributed by atoms with Gasteiger partial charge in [0.05, 0.1) is 0 Å². The van der Waals surface area contributed by atoms with E-state index in [0.717, 1.165) is 29.6 Å². The van der Waals surface area contributed by atoms with Crippen LogP contribution in [-0.4, -0.2) is 0 Å². The first-order valence-corrected chi connectivity index (χ1v) is 7.60. The smallest absolute Gasteiger partial charge is 0.0294 e. The molecule has 0 spiro atoms. The summed E-state index contributed by atoms with van der Waals surface area (Å²) in [5.74, 6) is 5.44. The highest BCUT2D eigenvalue weighted by molar-refractivity contribution is 5.10. The third-order valence-corrected chi connectivity index (χ3v) is 6.63. The van der Waals surface area contributed by atoms with E-state index in [-0.39, 0.29) is 0 Å². The fraction of sp³-hybridized carbons (Fsp3) is 1.00. The van der Waals surface area contributed by atoms with Crippen molar-refractivity contribution < 1.29 is 0 Å². The molecule has 3 fully saturated rings. The predicted molar refractivity (Wildman–Crippen MR) is 69.2 cm³/mol. The van der Waals surface area contributed by atoms with Gasteiger partial charge in [0.1, 0.15) is 0 Å². The summed E-state index contributed by atoms with van der Waals surface area (Å²) in [5.41, 5.74) is 0.674. The molecule has 16 heavy (non-hydrogen) atoms. The van der Waals surface area contributed by atoms with Crippen LogP contribution in [0.5, 0.6) is 0 Å². The lowest BCUT2D eigenvalue weighted by Crippen LogP contribution is -2.62. The summed E-state index contributed by atoms with van der Waals surface area (Å²) in [6.45, 7) is 7.50. The molecule has 0 aromatic heterocycles. The Bertz CT molecular complexity index is 251. The van der Waals surface area contributed by atoms with Crippen molar-refractivity contribution in [1.29, 1.82) is 0 Å². The Balaban J connectivity index is 1.52. The van der Waals surface area contributed by atoms with Crippen LogP contribution < -0.4 is 0 Å². The lowest BCUT2D eigenvalue weighted by molar-refractivity contribution is -0.203. The van der Waals surface area contributed by atoms with Crippen LogP contribution in [0.25, 0.3) is 0 Å². The molecule has 0 radical (unpaired) electrons. The van der Waals surface area contributed by atoms with Crippen LogP contribution in [0.2, 0.25) is 0 Å². The van der Waals surface area contributed by atoms with Crippen LogP contribution >= 0.6 is 0 Å². The van der Waals surface area contributed by atoms with Crippen LogP contribution in [0.1, 0.15) is 65.7 Å². The summed E-state index contributed by atoms with van der Waals surface area (Å²) in [6, 6.07) is 0. The number of hydrogen-bond acceptors (Lipinski definition) is 0. The quantitative estimate of drug-likeness (QED) is 0.622. The molecule has 92 valence electrons. The molecule has 0 aromatic rings. The summed E-state index contributed by atoms with van der Waals surface area (Å²) >= 11 is 0. The average molecular weight is 220 g/mol. The SMILES string of the molecule is CC1C2C(CC3CCCCC3)CC2C1(C)C. The second kappa shape index (κ2) is 3.75. The van der Waals surface area contributed by atoms with Crippen LogP contribution in [0, 0.1) is 35.0 Å². The third-order valence-electron chi connectivity index (χ3n) is 6.63. The van der Waals surface area contributed by atoms with Crippen molar-refractivity contribution in [3.05, 3.63) is 0 Å². The Hall–Kier alpha value is 0. The number of fused-ring (bicyclic) bond motifs is 1. The maximum absolute atomic E-state index is 2.51. The van der Waals surface area contributed by atoms with Crippen molar-refractivity contribution in [2.75, 3.05) is 0 Å². The van der Waals surface area contributed by atoms with E-state index in [1.165, 1.54) is 19.3 Å². The van der Waals surface area contributed by atoms with Gasteiger partial charge in [-0.05, 0) is 47.8 Å². The van der Waals surface area contributed by atoms with E-state index in [1.807, 2.05) is 0 Å². The second-order valence-electron chi connectivity index (χ2n) is 7.53. The molecule has 0 aliphatic heterocycles. The normalized spacial score (nSPS) is 46.7. The molecule has 3 aliphatic carbocycles. The van der Waals surface area contributed by atoms with Gasteiger partial charge in [-0.25, -0.2) is 0 Å². The van der Waals surface area contributed by atoms with Gasteiger partial charge in [-0.2, -0.15) is 0 Å². The van der Waals surface area contributed by atoms with Gasteiger partial charge in [0.15, 0.2) is 0 Å². The van der Waals surface area contributed by atoms with Crippen molar-refractivity contribution in [3.8, 4) is 0 Å². The Kier molecular flexibility index (Phi) is 2.60. The Morgan fingerprint density at radius 3 is 2.38 bits per heavy atom. The molecular formula is C16H28. The van der Waals surface area contributed by atoms with E-state index in [4.69, 9.17) is 0 Å². The molecule has 0 saturated heterocycles. The highest BCUT2D eigenvalue weighted by Crippen LogP contribution is 2.69. The van der Waals surface area contributed by atoms with Gasteiger partial charge in [-0.3, -0.25) is 0 Å². The van der Waals surface area contributed by atoms with E-state index in [2.05, 4.69) is 20.8 Å². The molecule has 0 bridgehead atoms. The molecule has 3 aliphatic rings. The summed E-state index contributed by atoms with van der Waals surface area (Å²) in [6.07, 6.45) is 10.8. The first-order valence-electron chi connectivity index (χ1n) is 7.60. The maximum atomic E-state index is 2.51. The van der Waals surface area contributed by atoms with Crippen molar-refractivity contribution in [2.24, 2.45) is 35.0 Å². The van der Waals surface area contributed by atoms with Gasteiger partial charge in [-0.15, -0.1) is 0 Å². The topological polar surface area (TPSA) is 0 Å². The molecule has 0 heterocycles. The molecule has 0 nitrogen and oxygen atoms in total. The minimum atomic E-state index is 0.674. The Morgan fingerprint density at radius 1 is 1.06 bits per heavy atom. The molecule has 4 atom stereocenters. The summed E-state index contributed by atoms with van der Waals surface area (Å²) < 4.78 is 0. The van der Waals surface area contributed by atoms with E-state index in [1.54, 1.807) is 25.7 Å². The van der Waals surface area contributed by atoms with Gasteiger partial charge in [0.2, 0.25) is 0 Å². The fourth-order valence-corrected chi connectivity index (χ4v) is 5.15. The minimum Gasteiger partial charge on any atom is -0.0617 e. The van der Waals surface area contributed by atoms with Crippen LogP contribution in [0.15, 0.2) is 0 Å². The van der Waals surface area contributed by atoms with Crippen LogP contribution in [0.4, 0.5) is 0 Å². The standard InChI is InChI=1S/C16H28/c1-11-15-13(10-14(15)16(11,2)3)9-12-7-5-4-6-8-12/h11-15H,4-10H2,1-3H3. The summed E-state index contributed by atoms with van der Waals surface area (Å²) in [7, 11) is 0. The van der Waals surface area contributed by atoms with E-state index < -0.39 is 0 Å². The van der Waals surface area contributed by atoms with Crippen molar-refractivity contribution in [2.45, 2.75) is 65.7 Å². The largest absolute Gasteiger partial charge is 0.0617 e. The van der Waals surface area contributed by atoms with Gasteiger partial charge < -0.3 is 0 Å². The fourth-order valence-electron chi connectivity index (χ4n) is 5.15. The van der Waals surface area contributed by atoms with E-state index in [0.29, 0.717) is 5.41 Å². The van der Waals surface area contributed by atoms with Crippen LogP contribution in [0.3, 0.4) is 0 Å². The zero-order chi connectivity index (χ0) is 11.3. The van der Waals surface area contributed by atoms with Crippen molar-refractivity contribution >= 4 is 0 Å². The van der Waals surface area contributed by atoms with Crippen molar-refractivity contribution in [1.82, 2.24) is 0 Å². The first kappa shape index (κ1) is 11.1. The molecule has 0 amide bonds. The van der Waals surface area contributed by atoms with Gasteiger partial charge in [0, 0.05) is 0 Å². The molecular weight excluding hydrogens is 192 g/mol. The molecule has 4 unspecified atom stereocenters.